The highest BCUT2D eigenvalue weighted by Crippen LogP contribution is 2.36. The van der Waals surface area contributed by atoms with Crippen molar-refractivity contribution in [3.05, 3.63) is 71.2 Å². The van der Waals surface area contributed by atoms with E-state index in [9.17, 15) is 4.79 Å². The number of fused-ring (bicyclic) bond motifs is 3. The van der Waals surface area contributed by atoms with Crippen molar-refractivity contribution in [3.8, 4) is 5.75 Å². The number of nitrogens with zero attached hydrogens (tertiary/aromatic N) is 1. The Hall–Kier alpha value is -3.51. The fourth-order valence-corrected chi connectivity index (χ4v) is 3.07. The number of benzene rings is 3. The summed E-state index contributed by atoms with van der Waals surface area (Å²) in [7, 11) is 1.55. The Labute approximate surface area is 171 Å². The van der Waals surface area contributed by atoms with Gasteiger partial charge in [-0.25, -0.2) is 0 Å². The van der Waals surface area contributed by atoms with E-state index >= 15 is 0 Å². The zero-order valence-corrected chi connectivity index (χ0v) is 16.3. The van der Waals surface area contributed by atoms with Crippen LogP contribution in [0.1, 0.15) is 5.56 Å². The number of oxime groups is 1. The number of anilines is 1. The first-order valence-electron chi connectivity index (χ1n) is 8.84. The van der Waals surface area contributed by atoms with E-state index in [0.717, 1.165) is 21.9 Å². The van der Waals surface area contributed by atoms with Gasteiger partial charge in [-0.1, -0.05) is 47.1 Å². The van der Waals surface area contributed by atoms with Gasteiger partial charge in [0, 0.05) is 21.9 Å². The third-order valence-electron chi connectivity index (χ3n) is 4.31. The second-order valence-corrected chi connectivity index (χ2v) is 6.69. The molecule has 7 heteroatoms. The molecule has 146 valence electrons. The number of halogens is 1. The molecule has 1 amide bonds. The first kappa shape index (κ1) is 18.8. The molecule has 0 radical (unpaired) electrons. The maximum absolute atomic E-state index is 12.2. The van der Waals surface area contributed by atoms with E-state index in [0.29, 0.717) is 22.0 Å². The fraction of sp³-hybridized carbons (Fsp3) is 0.0909. The number of furan rings is 1. The van der Waals surface area contributed by atoms with Gasteiger partial charge in [0.25, 0.3) is 5.91 Å². The summed E-state index contributed by atoms with van der Waals surface area (Å²) in [6.45, 7) is -0.245. The number of ether oxygens (including phenoxy) is 1. The predicted octanol–water partition coefficient (Wildman–Crippen LogP) is 5.24. The molecule has 1 heterocycles. The number of hydrogen-bond donors (Lipinski definition) is 1. The van der Waals surface area contributed by atoms with E-state index in [-0.39, 0.29) is 12.5 Å². The zero-order chi connectivity index (χ0) is 20.2. The minimum Gasteiger partial charge on any atom is -0.495 e. The molecular weight excluding hydrogens is 392 g/mol. The minimum atomic E-state index is -0.369. The summed E-state index contributed by atoms with van der Waals surface area (Å²) in [5.41, 5.74) is 2.73. The lowest BCUT2D eigenvalue weighted by atomic mass is 10.1. The molecule has 3 aromatic carbocycles. The largest absolute Gasteiger partial charge is 0.495 e. The van der Waals surface area contributed by atoms with E-state index in [1.807, 2.05) is 30.3 Å². The zero-order valence-electron chi connectivity index (χ0n) is 15.5. The first-order chi connectivity index (χ1) is 14.1. The van der Waals surface area contributed by atoms with Crippen molar-refractivity contribution in [2.75, 3.05) is 19.0 Å². The Morgan fingerprint density at radius 2 is 1.90 bits per heavy atom. The molecule has 29 heavy (non-hydrogen) atoms. The summed E-state index contributed by atoms with van der Waals surface area (Å²) in [5.74, 6) is 0.161. The van der Waals surface area contributed by atoms with Gasteiger partial charge in [0.05, 0.1) is 19.0 Å². The van der Waals surface area contributed by atoms with Crippen LogP contribution >= 0.6 is 11.6 Å². The molecule has 0 saturated carbocycles. The molecular formula is C22H17ClN2O4. The van der Waals surface area contributed by atoms with Crippen molar-refractivity contribution < 1.29 is 18.8 Å². The average Bonchev–Trinajstić information content (AvgIpc) is 3.09. The van der Waals surface area contributed by atoms with Crippen LogP contribution in [-0.4, -0.2) is 25.8 Å². The Morgan fingerprint density at radius 3 is 2.69 bits per heavy atom. The summed E-state index contributed by atoms with van der Waals surface area (Å²) in [5, 5.41) is 9.10. The van der Waals surface area contributed by atoms with Crippen LogP contribution in [-0.2, 0) is 9.63 Å². The van der Waals surface area contributed by atoms with E-state index in [1.54, 1.807) is 37.4 Å². The van der Waals surface area contributed by atoms with Crippen molar-refractivity contribution in [2.24, 2.45) is 5.16 Å². The maximum atomic E-state index is 12.2. The van der Waals surface area contributed by atoms with Crippen LogP contribution in [0.5, 0.6) is 5.75 Å². The van der Waals surface area contributed by atoms with Crippen molar-refractivity contribution in [1.82, 2.24) is 0 Å². The predicted molar refractivity (Wildman–Crippen MR) is 114 cm³/mol. The van der Waals surface area contributed by atoms with Crippen LogP contribution in [0.4, 0.5) is 5.69 Å². The summed E-state index contributed by atoms with van der Waals surface area (Å²) in [6.07, 6.45) is 1.50. The fourth-order valence-electron chi connectivity index (χ4n) is 2.95. The van der Waals surface area contributed by atoms with E-state index < -0.39 is 0 Å². The number of para-hydroxylation sites is 1. The van der Waals surface area contributed by atoms with Crippen LogP contribution in [0.2, 0.25) is 5.02 Å². The Balaban J connectivity index is 1.45. The van der Waals surface area contributed by atoms with E-state index in [4.69, 9.17) is 25.6 Å². The summed E-state index contributed by atoms with van der Waals surface area (Å²) in [6, 6.07) is 18.4. The van der Waals surface area contributed by atoms with Crippen molar-refractivity contribution in [3.63, 3.8) is 0 Å². The van der Waals surface area contributed by atoms with Gasteiger partial charge in [0.15, 0.2) is 6.61 Å². The molecule has 4 rings (SSSR count). The molecule has 0 saturated heterocycles. The van der Waals surface area contributed by atoms with Gasteiger partial charge in [0.1, 0.15) is 16.9 Å². The lowest BCUT2D eigenvalue weighted by Gasteiger charge is -2.09. The molecule has 6 nitrogen and oxygen atoms in total. The SMILES string of the molecule is COc1cc2c(cc1NC(=O)CO/N=C\c1ccc(Cl)cc1)oc1ccccc12. The Kier molecular flexibility index (Phi) is 5.35. The molecule has 0 spiro atoms. The van der Waals surface area contributed by atoms with Crippen LogP contribution in [0, 0.1) is 0 Å². The Morgan fingerprint density at radius 1 is 1.10 bits per heavy atom. The average molecular weight is 409 g/mol. The monoisotopic (exact) mass is 408 g/mol. The quantitative estimate of drug-likeness (QED) is 0.350. The van der Waals surface area contributed by atoms with Gasteiger partial charge in [-0.15, -0.1) is 0 Å². The summed E-state index contributed by atoms with van der Waals surface area (Å²) >= 11 is 5.83. The molecule has 0 unspecified atom stereocenters. The Bertz CT molecular complexity index is 1200. The number of nitrogens with one attached hydrogen (secondary N) is 1. The lowest BCUT2D eigenvalue weighted by Crippen LogP contribution is -2.17. The van der Waals surface area contributed by atoms with Gasteiger partial charge in [-0.2, -0.15) is 0 Å². The van der Waals surface area contributed by atoms with Crippen molar-refractivity contribution in [1.29, 1.82) is 0 Å². The number of rotatable bonds is 6. The van der Waals surface area contributed by atoms with Gasteiger partial charge in [-0.3, -0.25) is 4.79 Å². The topological polar surface area (TPSA) is 73.1 Å². The summed E-state index contributed by atoms with van der Waals surface area (Å²) < 4.78 is 11.3. The third-order valence-corrected chi connectivity index (χ3v) is 4.57. The van der Waals surface area contributed by atoms with Gasteiger partial charge in [0.2, 0.25) is 0 Å². The lowest BCUT2D eigenvalue weighted by molar-refractivity contribution is -0.120. The van der Waals surface area contributed by atoms with Crippen LogP contribution in [0.3, 0.4) is 0 Å². The van der Waals surface area contributed by atoms with Crippen LogP contribution in [0.15, 0.2) is 70.2 Å². The number of amides is 1. The number of carbonyl (C=O) groups is 1. The molecule has 0 aliphatic carbocycles. The smallest absolute Gasteiger partial charge is 0.265 e. The highest BCUT2D eigenvalue weighted by atomic mass is 35.5. The molecule has 1 N–H and O–H groups in total. The highest BCUT2D eigenvalue weighted by Gasteiger charge is 2.14. The van der Waals surface area contributed by atoms with E-state index in [1.165, 1.54) is 6.21 Å². The van der Waals surface area contributed by atoms with Crippen molar-refractivity contribution >= 4 is 51.3 Å². The summed E-state index contributed by atoms with van der Waals surface area (Å²) in [4.78, 5) is 17.3. The van der Waals surface area contributed by atoms with Gasteiger partial charge >= 0.3 is 0 Å². The molecule has 4 aromatic rings. The molecule has 0 bridgehead atoms. The molecule has 0 aliphatic heterocycles. The first-order valence-corrected chi connectivity index (χ1v) is 9.22. The number of hydrogen-bond acceptors (Lipinski definition) is 5. The molecule has 0 fully saturated rings. The second-order valence-electron chi connectivity index (χ2n) is 6.25. The minimum absolute atomic E-state index is 0.245. The highest BCUT2D eigenvalue weighted by molar-refractivity contribution is 6.30. The number of carbonyl (C=O) groups excluding carboxylic acids is 1. The standard InChI is InChI=1S/C22H17ClN2O4/c1-27-21-10-17-16-4-2-3-5-19(16)29-20(17)11-18(21)25-22(26)13-28-24-12-14-6-8-15(23)9-7-14/h2-12H,13H2,1H3,(H,25,26)/b24-12-. The second kappa shape index (κ2) is 8.24. The maximum Gasteiger partial charge on any atom is 0.265 e. The normalized spacial score (nSPS) is 11.2. The van der Waals surface area contributed by atoms with Gasteiger partial charge in [-0.05, 0) is 29.8 Å². The molecule has 0 atom stereocenters. The van der Waals surface area contributed by atoms with E-state index in [2.05, 4.69) is 10.5 Å². The molecule has 1 aromatic heterocycles. The van der Waals surface area contributed by atoms with Crippen LogP contribution < -0.4 is 10.1 Å². The third kappa shape index (κ3) is 4.17. The van der Waals surface area contributed by atoms with Crippen molar-refractivity contribution in [2.45, 2.75) is 0 Å². The number of methoxy groups -OCH3 is 1. The molecule has 0 aliphatic rings. The van der Waals surface area contributed by atoms with Gasteiger partial charge < -0.3 is 19.3 Å². The van der Waals surface area contributed by atoms with Crippen LogP contribution in [0.25, 0.3) is 21.9 Å².